The van der Waals surface area contributed by atoms with Gasteiger partial charge in [0.25, 0.3) is 10.0 Å². The quantitative estimate of drug-likeness (QED) is 0.892. The Morgan fingerprint density at radius 1 is 1.09 bits per heavy atom. The maximum atomic E-state index is 12.3. The van der Waals surface area contributed by atoms with Crippen LogP contribution in [0.25, 0.3) is 6.08 Å². The second-order valence-corrected chi connectivity index (χ2v) is 7.15. The minimum absolute atomic E-state index is 0.0613. The van der Waals surface area contributed by atoms with Gasteiger partial charge in [0, 0.05) is 10.7 Å². The van der Waals surface area contributed by atoms with Crippen LogP contribution in [0, 0.1) is 0 Å². The molecule has 0 aromatic heterocycles. The molecule has 0 unspecified atom stereocenters. The van der Waals surface area contributed by atoms with Crippen molar-refractivity contribution in [3.63, 3.8) is 0 Å². The van der Waals surface area contributed by atoms with Crippen LogP contribution in [0.15, 0.2) is 53.4 Å². The smallest absolute Gasteiger partial charge is 0.307 e. The van der Waals surface area contributed by atoms with Crippen LogP contribution in [0.2, 0.25) is 5.02 Å². The summed E-state index contributed by atoms with van der Waals surface area (Å²) in [5.74, 6) is 0. The first-order valence-corrected chi connectivity index (χ1v) is 8.69. The molecule has 2 amide bonds. The Morgan fingerprint density at radius 2 is 1.83 bits per heavy atom. The molecular weight excluding hydrogens is 336 g/mol. The van der Waals surface area contributed by atoms with E-state index in [1.165, 1.54) is 6.07 Å². The van der Waals surface area contributed by atoms with E-state index >= 15 is 0 Å². The van der Waals surface area contributed by atoms with Crippen LogP contribution in [-0.4, -0.2) is 14.4 Å². The number of urea groups is 1. The number of hydrogen-bond donors (Lipinski definition) is 2. The summed E-state index contributed by atoms with van der Waals surface area (Å²) in [6.45, 7) is 0. The van der Waals surface area contributed by atoms with Crippen LogP contribution in [0.3, 0.4) is 0 Å². The zero-order chi connectivity index (χ0) is 16.4. The van der Waals surface area contributed by atoms with Gasteiger partial charge in [0.1, 0.15) is 0 Å². The summed E-state index contributed by atoms with van der Waals surface area (Å²) in [4.78, 5) is 11.9. The van der Waals surface area contributed by atoms with E-state index < -0.39 is 16.1 Å². The molecule has 0 aliphatic heterocycles. The Labute approximate surface area is 139 Å². The van der Waals surface area contributed by atoms with Gasteiger partial charge in [-0.05, 0) is 53.9 Å². The molecule has 1 aliphatic rings. The van der Waals surface area contributed by atoms with Crippen molar-refractivity contribution < 1.29 is 13.2 Å². The Kier molecular flexibility index (Phi) is 4.11. The first kappa shape index (κ1) is 15.6. The van der Waals surface area contributed by atoms with Gasteiger partial charge >= 0.3 is 6.03 Å². The molecule has 23 heavy (non-hydrogen) atoms. The molecule has 0 bridgehead atoms. The molecule has 0 heterocycles. The Bertz CT molecular complexity index is 890. The van der Waals surface area contributed by atoms with E-state index in [9.17, 15) is 13.2 Å². The highest BCUT2D eigenvalue weighted by molar-refractivity contribution is 7.90. The maximum absolute atomic E-state index is 12.3. The topological polar surface area (TPSA) is 75.3 Å². The van der Waals surface area contributed by atoms with Gasteiger partial charge in [0.15, 0.2) is 0 Å². The number of allylic oxidation sites excluding steroid dienone is 1. The monoisotopic (exact) mass is 348 g/mol. The summed E-state index contributed by atoms with van der Waals surface area (Å²) in [5, 5.41) is 2.97. The molecule has 2 aromatic rings. The first-order chi connectivity index (χ1) is 10.9. The van der Waals surface area contributed by atoms with Gasteiger partial charge in [0.2, 0.25) is 0 Å². The molecule has 0 saturated heterocycles. The fourth-order valence-electron chi connectivity index (χ4n) is 2.27. The largest absolute Gasteiger partial charge is 0.333 e. The SMILES string of the molecule is O=C(Nc1ccc(Cl)cc1)NS(=O)(=O)c1ccc2c(c1)CC=C2. The van der Waals surface area contributed by atoms with Crippen molar-refractivity contribution >= 4 is 39.4 Å². The fraction of sp³-hybridized carbons (Fsp3) is 0.0625. The van der Waals surface area contributed by atoms with Crippen molar-refractivity contribution in [3.05, 3.63) is 64.7 Å². The lowest BCUT2D eigenvalue weighted by Crippen LogP contribution is -2.34. The molecule has 2 aromatic carbocycles. The van der Waals surface area contributed by atoms with Crippen molar-refractivity contribution in [2.45, 2.75) is 11.3 Å². The molecular formula is C16H13ClN2O3S. The van der Waals surface area contributed by atoms with Gasteiger partial charge in [-0.25, -0.2) is 17.9 Å². The second kappa shape index (κ2) is 6.06. The number of carbonyl (C=O) groups excluding carboxylic acids is 1. The van der Waals surface area contributed by atoms with E-state index in [1.54, 1.807) is 36.4 Å². The lowest BCUT2D eigenvalue weighted by Gasteiger charge is -2.10. The zero-order valence-electron chi connectivity index (χ0n) is 11.9. The summed E-state index contributed by atoms with van der Waals surface area (Å²) in [7, 11) is -3.93. The Morgan fingerprint density at radius 3 is 2.57 bits per heavy atom. The highest BCUT2D eigenvalue weighted by atomic mass is 35.5. The molecule has 5 nitrogen and oxygen atoms in total. The highest BCUT2D eigenvalue weighted by Crippen LogP contribution is 2.22. The number of nitrogens with one attached hydrogen (secondary N) is 2. The third kappa shape index (κ3) is 3.55. The van der Waals surface area contributed by atoms with Gasteiger partial charge in [-0.2, -0.15) is 0 Å². The Balaban J connectivity index is 1.73. The minimum Gasteiger partial charge on any atom is -0.307 e. The summed E-state index contributed by atoms with van der Waals surface area (Å²) in [6.07, 6.45) is 4.59. The van der Waals surface area contributed by atoms with Gasteiger partial charge in [-0.15, -0.1) is 0 Å². The van der Waals surface area contributed by atoms with Crippen molar-refractivity contribution in [2.75, 3.05) is 5.32 Å². The normalized spacial score (nSPS) is 12.7. The van der Waals surface area contributed by atoms with Crippen molar-refractivity contribution in [3.8, 4) is 0 Å². The minimum atomic E-state index is -3.93. The Hall–Kier alpha value is -2.31. The van der Waals surface area contributed by atoms with Crippen molar-refractivity contribution in [1.82, 2.24) is 4.72 Å². The molecule has 0 radical (unpaired) electrons. The number of rotatable bonds is 3. The van der Waals surface area contributed by atoms with E-state index in [2.05, 4.69) is 5.32 Å². The van der Waals surface area contributed by atoms with E-state index in [-0.39, 0.29) is 4.90 Å². The molecule has 2 N–H and O–H groups in total. The zero-order valence-corrected chi connectivity index (χ0v) is 13.5. The van der Waals surface area contributed by atoms with E-state index in [0.29, 0.717) is 17.1 Å². The van der Waals surface area contributed by atoms with Gasteiger partial charge in [-0.3, -0.25) is 0 Å². The number of benzene rings is 2. The van der Waals surface area contributed by atoms with Crippen LogP contribution in [0.1, 0.15) is 11.1 Å². The summed E-state index contributed by atoms with van der Waals surface area (Å²) < 4.78 is 26.5. The van der Waals surface area contributed by atoms with Crippen molar-refractivity contribution in [2.24, 2.45) is 0 Å². The van der Waals surface area contributed by atoms with Crippen LogP contribution >= 0.6 is 11.6 Å². The van der Waals surface area contributed by atoms with Gasteiger partial charge < -0.3 is 5.32 Å². The second-order valence-electron chi connectivity index (χ2n) is 5.03. The van der Waals surface area contributed by atoms with Crippen LogP contribution in [0.5, 0.6) is 0 Å². The lowest BCUT2D eigenvalue weighted by molar-refractivity contribution is 0.256. The summed E-state index contributed by atoms with van der Waals surface area (Å²) in [5.41, 5.74) is 2.36. The molecule has 0 fully saturated rings. The molecule has 3 rings (SSSR count). The third-order valence-corrected chi connectivity index (χ3v) is 4.97. The predicted octanol–water partition coefficient (Wildman–Crippen LogP) is 3.42. The molecule has 7 heteroatoms. The van der Waals surface area contributed by atoms with Gasteiger partial charge in [0.05, 0.1) is 4.90 Å². The van der Waals surface area contributed by atoms with Crippen LogP contribution < -0.4 is 10.0 Å². The fourth-order valence-corrected chi connectivity index (χ4v) is 3.36. The highest BCUT2D eigenvalue weighted by Gasteiger charge is 2.19. The molecule has 0 saturated carbocycles. The van der Waals surface area contributed by atoms with Gasteiger partial charge in [-0.1, -0.05) is 29.8 Å². The number of sulfonamides is 1. The standard InChI is InChI=1S/C16H13ClN2O3S/c17-13-5-7-14(8-6-13)18-16(20)19-23(21,22)15-9-4-11-2-1-3-12(11)10-15/h1-2,4-10H,3H2,(H2,18,19,20). The number of amides is 2. The molecule has 118 valence electrons. The van der Waals surface area contributed by atoms with Crippen LogP contribution in [0.4, 0.5) is 10.5 Å². The average molecular weight is 349 g/mol. The number of halogens is 1. The first-order valence-electron chi connectivity index (χ1n) is 6.83. The lowest BCUT2D eigenvalue weighted by atomic mass is 10.1. The summed E-state index contributed by atoms with van der Waals surface area (Å²) >= 11 is 5.75. The average Bonchev–Trinajstić information content (AvgIpc) is 2.96. The number of carbonyl (C=O) groups is 1. The molecule has 0 atom stereocenters. The third-order valence-electron chi connectivity index (χ3n) is 3.39. The van der Waals surface area contributed by atoms with E-state index in [1.807, 2.05) is 16.9 Å². The van der Waals surface area contributed by atoms with E-state index in [0.717, 1.165) is 11.1 Å². The maximum Gasteiger partial charge on any atom is 0.333 e. The molecule has 1 aliphatic carbocycles. The molecule has 0 spiro atoms. The summed E-state index contributed by atoms with van der Waals surface area (Å²) in [6, 6.07) is 10.3. The number of anilines is 1. The predicted molar refractivity (Wildman–Crippen MR) is 90.0 cm³/mol. The number of fused-ring (bicyclic) bond motifs is 1. The number of hydrogen-bond acceptors (Lipinski definition) is 3. The van der Waals surface area contributed by atoms with Crippen LogP contribution in [-0.2, 0) is 16.4 Å². The van der Waals surface area contributed by atoms with E-state index in [4.69, 9.17) is 11.6 Å². The van der Waals surface area contributed by atoms with Crippen molar-refractivity contribution in [1.29, 1.82) is 0 Å².